The topological polar surface area (TPSA) is 19.6 Å². The summed E-state index contributed by atoms with van der Waals surface area (Å²) in [6.07, 6.45) is 0. The first-order chi connectivity index (χ1) is 32.2. The first kappa shape index (κ1) is 38.0. The predicted molar refractivity (Wildman–Crippen MR) is 274 cm³/mol. The zero-order valence-electron chi connectivity index (χ0n) is 35.6. The number of para-hydroxylation sites is 3. The Hall–Kier alpha value is -8.66. The van der Waals surface area contributed by atoms with E-state index in [4.69, 9.17) is 4.42 Å². The molecule has 0 unspecified atom stereocenters. The number of furan rings is 1. The van der Waals surface area contributed by atoms with Crippen LogP contribution in [0.25, 0.3) is 76.9 Å². The summed E-state index contributed by atoms with van der Waals surface area (Å²) >= 11 is 0. The molecule has 3 heteroatoms. The first-order valence-corrected chi connectivity index (χ1v) is 22.2. The van der Waals surface area contributed by atoms with Crippen LogP contribution >= 0.6 is 0 Å². The average molecular weight is 831 g/mol. The van der Waals surface area contributed by atoms with Crippen LogP contribution in [0.4, 0.5) is 34.1 Å². The zero-order chi connectivity index (χ0) is 43.1. The van der Waals surface area contributed by atoms with Gasteiger partial charge < -0.3 is 14.2 Å². The zero-order valence-corrected chi connectivity index (χ0v) is 35.6. The number of anilines is 6. The van der Waals surface area contributed by atoms with Crippen LogP contribution in [0.5, 0.6) is 0 Å². The Balaban J connectivity index is 1.17. The van der Waals surface area contributed by atoms with Crippen LogP contribution in [-0.2, 0) is 0 Å². The van der Waals surface area contributed by atoms with Crippen molar-refractivity contribution in [2.75, 3.05) is 9.80 Å². The maximum absolute atomic E-state index is 7.09. The minimum atomic E-state index is 0.801. The molecule has 0 atom stereocenters. The number of hydrogen-bond donors (Lipinski definition) is 0. The van der Waals surface area contributed by atoms with Crippen molar-refractivity contribution < 1.29 is 4.42 Å². The molecule has 3 nitrogen and oxygen atoms in total. The molecule has 65 heavy (non-hydrogen) atoms. The van der Waals surface area contributed by atoms with Crippen LogP contribution in [-0.4, -0.2) is 0 Å². The third-order valence-corrected chi connectivity index (χ3v) is 12.6. The fourth-order valence-corrected chi connectivity index (χ4v) is 9.51. The Morgan fingerprint density at radius 2 is 0.754 bits per heavy atom. The van der Waals surface area contributed by atoms with Crippen molar-refractivity contribution in [1.29, 1.82) is 0 Å². The highest BCUT2D eigenvalue weighted by Gasteiger charge is 2.26. The Morgan fingerprint density at radius 3 is 1.45 bits per heavy atom. The smallest absolute Gasteiger partial charge is 0.139 e. The Labute approximate surface area is 378 Å². The first-order valence-electron chi connectivity index (χ1n) is 22.2. The van der Waals surface area contributed by atoms with E-state index in [2.05, 4.69) is 265 Å². The minimum absolute atomic E-state index is 0.801. The van der Waals surface area contributed by atoms with Crippen LogP contribution in [0.2, 0.25) is 0 Å². The summed E-state index contributed by atoms with van der Waals surface area (Å²) in [6.45, 7) is 0. The van der Waals surface area contributed by atoms with E-state index in [9.17, 15) is 0 Å². The van der Waals surface area contributed by atoms with Crippen LogP contribution in [0.1, 0.15) is 0 Å². The fourth-order valence-electron chi connectivity index (χ4n) is 9.51. The van der Waals surface area contributed by atoms with Crippen molar-refractivity contribution in [1.82, 2.24) is 0 Å². The van der Waals surface area contributed by atoms with Crippen LogP contribution in [0, 0.1) is 0 Å². The second-order valence-corrected chi connectivity index (χ2v) is 16.5. The number of hydrogen-bond acceptors (Lipinski definition) is 3. The van der Waals surface area contributed by atoms with Gasteiger partial charge in [-0.3, -0.25) is 0 Å². The van der Waals surface area contributed by atoms with Gasteiger partial charge >= 0.3 is 0 Å². The molecule has 0 N–H and O–H groups in total. The molecule has 0 saturated carbocycles. The van der Waals surface area contributed by atoms with E-state index < -0.39 is 0 Å². The Bertz CT molecular complexity index is 3650. The summed E-state index contributed by atoms with van der Waals surface area (Å²) in [5.41, 5.74) is 14.7. The second kappa shape index (κ2) is 16.2. The summed E-state index contributed by atoms with van der Waals surface area (Å²) in [5, 5.41) is 6.83. The largest absolute Gasteiger partial charge is 0.456 e. The summed E-state index contributed by atoms with van der Waals surface area (Å²) in [5.74, 6) is 0. The molecule has 0 aliphatic heterocycles. The van der Waals surface area contributed by atoms with Gasteiger partial charge in [-0.05, 0) is 104 Å². The maximum Gasteiger partial charge on any atom is 0.139 e. The molecule has 1 heterocycles. The highest BCUT2D eigenvalue weighted by molar-refractivity contribution is 6.18. The number of rotatable bonds is 9. The molecule has 12 aromatic rings. The summed E-state index contributed by atoms with van der Waals surface area (Å²) in [7, 11) is 0. The lowest BCUT2D eigenvalue weighted by molar-refractivity contribution is 0.669. The van der Waals surface area contributed by atoms with Gasteiger partial charge in [0.05, 0.1) is 28.1 Å². The lowest BCUT2D eigenvalue weighted by Gasteiger charge is -2.32. The molecule has 12 rings (SSSR count). The maximum atomic E-state index is 7.09. The van der Waals surface area contributed by atoms with E-state index in [1.54, 1.807) is 0 Å². The average Bonchev–Trinajstić information content (AvgIpc) is 3.74. The quantitative estimate of drug-likeness (QED) is 0.144. The standard InChI is InChI=1S/C62H42N2O/c1-4-18-43(19-5-1)45-34-36-52(37-35-45)64(58-31-17-14-28-54(58)46-21-6-2-7-22-46)59-41-53(42-61-62(59)56-39-48-24-12-13-25-49(48)40-60(56)65-61)63(51-26-8-3-9-27-51)57-30-16-15-29-55(57)50-33-32-44-20-10-11-23-47(44)38-50/h1-42H. The molecule has 0 spiro atoms. The highest BCUT2D eigenvalue weighted by Crippen LogP contribution is 2.51. The predicted octanol–water partition coefficient (Wildman–Crippen LogP) is 17.8. The van der Waals surface area contributed by atoms with Gasteiger partial charge in [-0.2, -0.15) is 0 Å². The van der Waals surface area contributed by atoms with E-state index >= 15 is 0 Å². The SMILES string of the molecule is c1ccc(-c2ccc(N(c3ccccc3-c3ccccc3)c3cc(N(c4ccccc4)c4ccccc4-c4ccc5ccccc5c4)cc4oc5cc6ccccc6cc5c34)cc2)cc1. The number of nitrogens with zero attached hydrogens (tertiary/aromatic N) is 2. The van der Waals surface area contributed by atoms with Gasteiger partial charge in [0.1, 0.15) is 11.2 Å². The van der Waals surface area contributed by atoms with E-state index in [0.29, 0.717) is 0 Å². The third-order valence-electron chi connectivity index (χ3n) is 12.6. The third kappa shape index (κ3) is 6.97. The van der Waals surface area contributed by atoms with Crippen molar-refractivity contribution in [3.63, 3.8) is 0 Å². The number of benzene rings is 11. The molecule has 0 amide bonds. The van der Waals surface area contributed by atoms with Crippen molar-refractivity contribution in [2.24, 2.45) is 0 Å². The van der Waals surface area contributed by atoms with Gasteiger partial charge in [0.2, 0.25) is 0 Å². The number of fused-ring (bicyclic) bond motifs is 5. The normalized spacial score (nSPS) is 11.4. The molecule has 0 aliphatic rings. The van der Waals surface area contributed by atoms with E-state index in [1.165, 1.54) is 16.3 Å². The van der Waals surface area contributed by atoms with Gasteiger partial charge in [-0.15, -0.1) is 0 Å². The second-order valence-electron chi connectivity index (χ2n) is 16.5. The van der Waals surface area contributed by atoms with Gasteiger partial charge in [0.25, 0.3) is 0 Å². The Morgan fingerprint density at radius 1 is 0.262 bits per heavy atom. The Kier molecular flexibility index (Phi) is 9.50. The van der Waals surface area contributed by atoms with E-state index in [1.807, 2.05) is 0 Å². The fraction of sp³-hybridized carbons (Fsp3) is 0. The van der Waals surface area contributed by atoms with Crippen LogP contribution in [0.3, 0.4) is 0 Å². The summed E-state index contributed by atoms with van der Waals surface area (Å²) < 4.78 is 7.09. The molecule has 0 aliphatic carbocycles. The minimum Gasteiger partial charge on any atom is -0.456 e. The van der Waals surface area contributed by atoms with Gasteiger partial charge in [0, 0.05) is 34.0 Å². The molecule has 0 radical (unpaired) electrons. The van der Waals surface area contributed by atoms with Crippen molar-refractivity contribution in [3.8, 4) is 33.4 Å². The molecule has 0 fully saturated rings. The van der Waals surface area contributed by atoms with Crippen molar-refractivity contribution in [2.45, 2.75) is 0 Å². The molecule has 11 aromatic carbocycles. The van der Waals surface area contributed by atoms with Crippen molar-refractivity contribution >= 4 is 77.6 Å². The van der Waals surface area contributed by atoms with Crippen LogP contribution in [0.15, 0.2) is 259 Å². The monoisotopic (exact) mass is 830 g/mol. The summed E-state index contributed by atoms with van der Waals surface area (Å²) in [4.78, 5) is 4.82. The molecule has 306 valence electrons. The van der Waals surface area contributed by atoms with Gasteiger partial charge in [0.15, 0.2) is 0 Å². The van der Waals surface area contributed by atoms with Gasteiger partial charge in [-0.1, -0.05) is 188 Å². The lowest BCUT2D eigenvalue weighted by atomic mass is 9.98. The molecule has 0 saturated heterocycles. The molecular weight excluding hydrogens is 789 g/mol. The van der Waals surface area contributed by atoms with E-state index in [0.717, 1.165) is 94.7 Å². The molecular formula is C62H42N2O. The van der Waals surface area contributed by atoms with E-state index in [-0.39, 0.29) is 0 Å². The molecule has 0 bridgehead atoms. The summed E-state index contributed by atoms with van der Waals surface area (Å²) in [6, 6.07) is 91.4. The highest BCUT2D eigenvalue weighted by atomic mass is 16.3. The molecule has 1 aromatic heterocycles. The van der Waals surface area contributed by atoms with Crippen molar-refractivity contribution in [3.05, 3.63) is 255 Å². The van der Waals surface area contributed by atoms with Gasteiger partial charge in [-0.25, -0.2) is 0 Å². The van der Waals surface area contributed by atoms with Crippen LogP contribution < -0.4 is 9.80 Å². The lowest BCUT2D eigenvalue weighted by Crippen LogP contribution is -2.15.